The molecule has 0 fully saturated rings. The smallest absolute Gasteiger partial charge is 0.360 e. The van der Waals surface area contributed by atoms with E-state index in [1.807, 2.05) is 152 Å². The van der Waals surface area contributed by atoms with E-state index in [-0.39, 0.29) is 16.9 Å². The Kier molecular flexibility index (Phi) is 11.9. The molecule has 11 aromatic carbocycles. The van der Waals surface area contributed by atoms with Gasteiger partial charge < -0.3 is 13.3 Å². The number of fused-ring (bicyclic) bond motifs is 11. The summed E-state index contributed by atoms with van der Waals surface area (Å²) in [6.45, 7) is 4.53. The Balaban J connectivity index is 0.652. The van der Waals surface area contributed by atoms with Crippen LogP contribution in [0.4, 0.5) is 0 Å². The van der Waals surface area contributed by atoms with Crippen molar-refractivity contribution in [3.05, 3.63) is 314 Å². The van der Waals surface area contributed by atoms with Crippen LogP contribution in [0.5, 0.6) is 0 Å². The fourth-order valence-electron chi connectivity index (χ4n) is 14.2. The predicted octanol–water partition coefficient (Wildman–Crippen LogP) is 17.6. The minimum Gasteiger partial charge on any atom is -0.455 e. The zero-order chi connectivity index (χ0) is 63.1. The molecule has 0 unspecified atom stereocenters. The number of H-pyrrole nitrogens is 1. The fraction of sp³-hybridized carbons (Fsp3) is 0.0370. The average molecular weight is 1220 g/mol. The molecular weight excluding hydrogens is 1170 g/mol. The Hall–Kier alpha value is -12.7. The molecule has 0 radical (unpaired) electrons. The quantitative estimate of drug-likeness (QED) is 0.148. The average Bonchev–Trinajstić information content (AvgIpc) is 1.56. The van der Waals surface area contributed by atoms with Crippen molar-refractivity contribution in [3.8, 4) is 106 Å². The van der Waals surface area contributed by atoms with Gasteiger partial charge in [0.25, 0.3) is 0 Å². The van der Waals surface area contributed by atoms with Crippen LogP contribution in [-0.2, 0) is 5.41 Å². The van der Waals surface area contributed by atoms with Gasteiger partial charge in [0.15, 0.2) is 11.4 Å². The van der Waals surface area contributed by atoms with Crippen LogP contribution in [-0.4, -0.2) is 28.3 Å². The molecule has 0 aliphatic heterocycles. The second-order valence-electron chi connectivity index (χ2n) is 24.4. The van der Waals surface area contributed by atoms with E-state index >= 15 is 0 Å². The van der Waals surface area contributed by atoms with Crippen molar-refractivity contribution in [1.29, 1.82) is 0 Å². The van der Waals surface area contributed by atoms with Gasteiger partial charge in [0.05, 0.1) is 5.69 Å². The van der Waals surface area contributed by atoms with Crippen LogP contribution in [0.2, 0.25) is 0 Å². The Bertz CT molecular complexity index is 6270. The highest BCUT2D eigenvalue weighted by atomic mass is 16.4. The molecule has 1 aliphatic carbocycles. The molecule has 1 N–H and O–H groups in total. The molecule has 13 heteroatoms. The van der Waals surface area contributed by atoms with Crippen LogP contribution in [0.25, 0.3) is 162 Å². The first-order chi connectivity index (χ1) is 46.0. The van der Waals surface area contributed by atoms with E-state index in [2.05, 4.69) is 120 Å². The molecule has 94 heavy (non-hydrogen) atoms. The molecule has 0 spiro atoms. The summed E-state index contributed by atoms with van der Waals surface area (Å²) in [6, 6.07) is 84.7. The number of benzene rings is 11. The van der Waals surface area contributed by atoms with Crippen LogP contribution in [0.3, 0.4) is 0 Å². The van der Waals surface area contributed by atoms with Crippen molar-refractivity contribution in [1.82, 2.24) is 28.3 Å². The van der Waals surface area contributed by atoms with Gasteiger partial charge in [-0.2, -0.15) is 4.98 Å². The van der Waals surface area contributed by atoms with Gasteiger partial charge in [-0.15, -0.1) is 4.98 Å². The van der Waals surface area contributed by atoms with Gasteiger partial charge in [0.1, 0.15) is 28.0 Å². The van der Waals surface area contributed by atoms with Crippen LogP contribution < -0.4 is 22.8 Å². The summed E-state index contributed by atoms with van der Waals surface area (Å²) in [5.74, 6) is 0.354. The summed E-state index contributed by atoms with van der Waals surface area (Å²) < 4.78 is 23.3. The van der Waals surface area contributed by atoms with Crippen molar-refractivity contribution < 1.29 is 13.3 Å². The molecule has 6 heterocycles. The predicted molar refractivity (Wildman–Crippen MR) is 371 cm³/mol. The summed E-state index contributed by atoms with van der Waals surface area (Å²) >= 11 is 0. The Labute approximate surface area is 533 Å². The molecule has 0 saturated carbocycles. The molecule has 0 amide bonds. The topological polar surface area (TPSA) is 163 Å². The SMILES string of the molecule is CC1(C)c2ccc(-c3cccc4oc5c(-c6ccc(-c7cc(-c8ccc(-c9cccc%10c9oc9ccccc9%10)cc8)cn8c(=O)[nH]c(=O)nc78)cc6)cccc5c34)cc2-c2ccc(-c3ccc(-n4c(=O)nc5oc(-c6ccccc6)c(-c6ccccc6)n5c4=O)cc3)cc21. The second kappa shape index (κ2) is 20.6. The van der Waals surface area contributed by atoms with Crippen LogP contribution in [0.1, 0.15) is 25.0 Å². The lowest BCUT2D eigenvalue weighted by Gasteiger charge is -2.22. The van der Waals surface area contributed by atoms with Crippen LogP contribution >= 0.6 is 0 Å². The Morgan fingerprint density at radius 2 is 0.968 bits per heavy atom. The van der Waals surface area contributed by atoms with Gasteiger partial charge in [0, 0.05) is 61.0 Å². The van der Waals surface area contributed by atoms with E-state index in [4.69, 9.17) is 13.3 Å². The third-order valence-electron chi connectivity index (χ3n) is 18.8. The number of oxazole rings is 1. The molecule has 0 atom stereocenters. The van der Waals surface area contributed by atoms with Gasteiger partial charge in [-0.05, 0) is 115 Å². The largest absolute Gasteiger partial charge is 0.455 e. The number of hydrogen-bond acceptors (Lipinski definition) is 9. The number of aromatic nitrogens is 6. The van der Waals surface area contributed by atoms with E-state index in [0.29, 0.717) is 22.7 Å². The maximum atomic E-state index is 14.5. The van der Waals surface area contributed by atoms with Gasteiger partial charge in [-0.1, -0.05) is 226 Å². The summed E-state index contributed by atoms with van der Waals surface area (Å²) in [5, 5.41) is 4.11. The molecule has 446 valence electrons. The number of furan rings is 2. The number of aromatic amines is 1. The second-order valence-corrected chi connectivity index (χ2v) is 24.4. The van der Waals surface area contributed by atoms with Crippen molar-refractivity contribution in [2.24, 2.45) is 0 Å². The first-order valence-corrected chi connectivity index (χ1v) is 30.9. The molecule has 0 bridgehead atoms. The van der Waals surface area contributed by atoms with E-state index in [9.17, 15) is 19.2 Å². The van der Waals surface area contributed by atoms with Crippen molar-refractivity contribution in [3.63, 3.8) is 0 Å². The first kappa shape index (κ1) is 54.2. The van der Waals surface area contributed by atoms with E-state index in [0.717, 1.165) is 132 Å². The summed E-state index contributed by atoms with van der Waals surface area (Å²) in [6.07, 6.45) is 1.72. The lowest BCUT2D eigenvalue weighted by molar-refractivity contribution is 0.592. The van der Waals surface area contributed by atoms with Crippen molar-refractivity contribution >= 4 is 55.4 Å². The van der Waals surface area contributed by atoms with Crippen LogP contribution in [0.15, 0.2) is 293 Å². The fourth-order valence-corrected chi connectivity index (χ4v) is 14.2. The first-order valence-electron chi connectivity index (χ1n) is 30.9. The maximum absolute atomic E-state index is 14.5. The number of hydrogen-bond donors (Lipinski definition) is 1. The highest BCUT2D eigenvalue weighted by Gasteiger charge is 2.36. The van der Waals surface area contributed by atoms with E-state index in [1.165, 1.54) is 19.9 Å². The summed E-state index contributed by atoms with van der Waals surface area (Å²) in [4.78, 5) is 65.6. The Morgan fingerprint density at radius 1 is 0.404 bits per heavy atom. The highest BCUT2D eigenvalue weighted by molar-refractivity contribution is 6.16. The summed E-state index contributed by atoms with van der Waals surface area (Å²) in [7, 11) is 0. The van der Waals surface area contributed by atoms with E-state index in [1.54, 1.807) is 18.3 Å². The normalized spacial score (nSPS) is 12.6. The lowest BCUT2D eigenvalue weighted by Crippen LogP contribution is -2.37. The van der Waals surface area contributed by atoms with Gasteiger partial charge in [0.2, 0.25) is 0 Å². The molecule has 13 nitrogen and oxygen atoms in total. The molecule has 18 rings (SSSR count). The molecule has 6 aromatic heterocycles. The van der Waals surface area contributed by atoms with Gasteiger partial charge in [-0.25, -0.2) is 28.1 Å². The summed E-state index contributed by atoms with van der Waals surface area (Å²) in [5.41, 5.74) is 18.4. The highest BCUT2D eigenvalue weighted by Crippen LogP contribution is 2.52. The molecule has 1 aliphatic rings. The third-order valence-corrected chi connectivity index (χ3v) is 18.8. The lowest BCUT2D eigenvalue weighted by atomic mass is 9.81. The third kappa shape index (κ3) is 8.41. The molecule has 17 aromatic rings. The van der Waals surface area contributed by atoms with E-state index < -0.39 is 22.8 Å². The molecular formula is C81H50N6O7. The maximum Gasteiger partial charge on any atom is 0.360 e. The number of nitrogens with one attached hydrogen (secondary N) is 1. The monoisotopic (exact) mass is 1220 g/mol. The number of para-hydroxylation sites is 3. The van der Waals surface area contributed by atoms with Gasteiger partial charge >= 0.3 is 28.6 Å². The molecule has 0 saturated heterocycles. The Morgan fingerprint density at radius 3 is 1.71 bits per heavy atom. The zero-order valence-corrected chi connectivity index (χ0v) is 50.4. The number of nitrogens with zero attached hydrogens (tertiary/aromatic N) is 5. The standard InChI is InChI=1S/C81H50N6O7/c1-81(2)66-41-37-54(42-65(66)60-40-36-53(44-67(60)81)46-34-38-56(39-35-46)86-78(90)84-79-87(80(86)91)71(51-14-5-3-6-15-51)72(94-79)52-16-7-4-8-17-52)57-19-13-25-69-70(57)63-23-12-21-59(74(63)93-69)49-30-32-50(33-31-49)64-43-55(45-85-75(64)82-76(88)83-77(85)89)47-26-28-48(29-27-47)58-20-11-22-62-61-18-9-10-24-68(61)92-73(58)62/h3-45H,1-2H3,(H,83,88,89). The van der Waals surface area contributed by atoms with Crippen molar-refractivity contribution in [2.75, 3.05) is 0 Å². The number of rotatable bonds is 9. The minimum absolute atomic E-state index is 0.0825. The van der Waals surface area contributed by atoms with Crippen molar-refractivity contribution in [2.45, 2.75) is 19.3 Å². The zero-order valence-electron chi connectivity index (χ0n) is 50.4. The van der Waals surface area contributed by atoms with Gasteiger partial charge in [-0.3, -0.25) is 9.38 Å². The number of pyridine rings is 1. The van der Waals surface area contributed by atoms with Crippen LogP contribution in [0, 0.1) is 0 Å². The minimum atomic E-state index is -0.741.